The molecule has 1 unspecified atom stereocenters. The number of aliphatic hydroxyl groups excluding tert-OH is 1. The quantitative estimate of drug-likeness (QED) is 0.645. The Balaban J connectivity index is 2.72. The van der Waals surface area contributed by atoms with Crippen LogP contribution in [0.15, 0.2) is 18.2 Å². The van der Waals surface area contributed by atoms with Crippen molar-refractivity contribution < 1.29 is 32.2 Å². The maximum absolute atomic E-state index is 13.2. The number of hydrogen-bond acceptors (Lipinski definition) is 3. The zero-order valence-corrected chi connectivity index (χ0v) is 11.4. The predicted molar refractivity (Wildman–Crippen MR) is 66.8 cm³/mol. The molecule has 1 N–H and O–H groups in total. The largest absolute Gasteiger partial charge is 0.466 e. The third kappa shape index (κ3) is 5.71. The molecule has 0 saturated carbocycles. The highest BCUT2D eigenvalue weighted by molar-refractivity contribution is 5.69. The fraction of sp³-hybridized carbons (Fsp3) is 0.500. The molecule has 1 aromatic rings. The summed E-state index contributed by atoms with van der Waals surface area (Å²) in [5.74, 6) is -1.64. The van der Waals surface area contributed by atoms with E-state index in [0.717, 1.165) is 6.07 Å². The summed E-state index contributed by atoms with van der Waals surface area (Å²) in [6.07, 6.45) is -5.71. The summed E-state index contributed by atoms with van der Waals surface area (Å²) in [5.41, 5.74) is -1.39. The number of carbonyl (C=O) groups excluding carboxylic acids is 1. The first-order valence-corrected chi connectivity index (χ1v) is 6.45. The van der Waals surface area contributed by atoms with Gasteiger partial charge in [-0.05, 0) is 36.6 Å². The highest BCUT2D eigenvalue weighted by atomic mass is 19.4. The molecule has 0 bridgehead atoms. The lowest BCUT2D eigenvalue weighted by molar-refractivity contribution is -0.144. The van der Waals surface area contributed by atoms with Crippen LogP contribution in [0.1, 0.15) is 43.4 Å². The van der Waals surface area contributed by atoms with Crippen molar-refractivity contribution in [3.63, 3.8) is 0 Å². The fourth-order valence-electron chi connectivity index (χ4n) is 1.68. The van der Waals surface area contributed by atoms with Crippen molar-refractivity contribution in [1.29, 1.82) is 0 Å². The van der Waals surface area contributed by atoms with E-state index >= 15 is 0 Å². The average Bonchev–Trinajstić information content (AvgIpc) is 2.40. The number of alkyl halides is 3. The monoisotopic (exact) mass is 308 g/mol. The number of esters is 1. The van der Waals surface area contributed by atoms with E-state index in [2.05, 4.69) is 0 Å². The third-order valence-electron chi connectivity index (χ3n) is 2.72. The van der Waals surface area contributed by atoms with E-state index in [1.165, 1.54) is 0 Å². The van der Waals surface area contributed by atoms with Gasteiger partial charge in [0.1, 0.15) is 5.82 Å². The van der Waals surface area contributed by atoms with Crippen molar-refractivity contribution in [2.24, 2.45) is 0 Å². The molecule has 0 aliphatic rings. The summed E-state index contributed by atoms with van der Waals surface area (Å²) in [4.78, 5) is 11.2. The number of carbonyl (C=O) groups is 1. The van der Waals surface area contributed by atoms with E-state index in [0.29, 0.717) is 18.6 Å². The number of ether oxygens (including phenoxy) is 1. The van der Waals surface area contributed by atoms with Crippen LogP contribution in [0.2, 0.25) is 0 Å². The molecule has 0 aliphatic carbocycles. The summed E-state index contributed by atoms with van der Waals surface area (Å²) in [6, 6.07) is 1.84. The molecule has 7 heteroatoms. The number of aliphatic hydroxyl groups is 1. The lowest BCUT2D eigenvalue weighted by Gasteiger charge is -2.14. The minimum atomic E-state index is -4.70. The Kier molecular flexibility index (Phi) is 6.14. The minimum Gasteiger partial charge on any atom is -0.466 e. The maximum Gasteiger partial charge on any atom is 0.416 e. The SMILES string of the molecule is CCCOC(=O)CCC(O)c1cc(F)cc(C(F)(F)F)c1. The maximum atomic E-state index is 13.2. The van der Waals surface area contributed by atoms with E-state index in [1.54, 1.807) is 0 Å². The highest BCUT2D eigenvalue weighted by Gasteiger charge is 2.32. The summed E-state index contributed by atoms with van der Waals surface area (Å²) in [7, 11) is 0. The van der Waals surface area contributed by atoms with E-state index in [-0.39, 0.29) is 25.0 Å². The second kappa shape index (κ2) is 7.40. The Morgan fingerprint density at radius 2 is 2.00 bits per heavy atom. The van der Waals surface area contributed by atoms with Gasteiger partial charge in [0.15, 0.2) is 0 Å². The molecule has 118 valence electrons. The van der Waals surface area contributed by atoms with Gasteiger partial charge in [-0.2, -0.15) is 13.2 Å². The van der Waals surface area contributed by atoms with Crippen LogP contribution in [0.3, 0.4) is 0 Å². The van der Waals surface area contributed by atoms with Gasteiger partial charge in [-0.15, -0.1) is 0 Å². The molecule has 0 aromatic heterocycles. The summed E-state index contributed by atoms with van der Waals surface area (Å²) in [5, 5.41) is 9.77. The number of hydrogen-bond donors (Lipinski definition) is 1. The molecule has 3 nitrogen and oxygen atoms in total. The van der Waals surface area contributed by atoms with Crippen molar-refractivity contribution in [2.45, 2.75) is 38.5 Å². The highest BCUT2D eigenvalue weighted by Crippen LogP contribution is 2.32. The summed E-state index contributed by atoms with van der Waals surface area (Å²) >= 11 is 0. The first-order chi connectivity index (χ1) is 9.74. The summed E-state index contributed by atoms with van der Waals surface area (Å²) < 4.78 is 55.6. The zero-order valence-electron chi connectivity index (χ0n) is 11.4. The van der Waals surface area contributed by atoms with E-state index in [4.69, 9.17) is 4.74 Å². The second-order valence-corrected chi connectivity index (χ2v) is 4.55. The molecule has 1 rings (SSSR count). The van der Waals surface area contributed by atoms with E-state index in [1.807, 2.05) is 6.92 Å². The Labute approximate surface area is 119 Å². The van der Waals surface area contributed by atoms with Crippen LogP contribution >= 0.6 is 0 Å². The minimum absolute atomic E-state index is 0.136. The Morgan fingerprint density at radius 3 is 2.57 bits per heavy atom. The molecule has 0 aliphatic heterocycles. The topological polar surface area (TPSA) is 46.5 Å². The third-order valence-corrected chi connectivity index (χ3v) is 2.72. The van der Waals surface area contributed by atoms with Crippen molar-refractivity contribution in [1.82, 2.24) is 0 Å². The lowest BCUT2D eigenvalue weighted by Crippen LogP contribution is -2.10. The molecule has 0 fully saturated rings. The Morgan fingerprint density at radius 1 is 1.33 bits per heavy atom. The van der Waals surface area contributed by atoms with Gasteiger partial charge in [-0.3, -0.25) is 4.79 Å². The number of rotatable bonds is 6. The van der Waals surface area contributed by atoms with E-state index in [9.17, 15) is 27.5 Å². The van der Waals surface area contributed by atoms with Crippen LogP contribution in [0.25, 0.3) is 0 Å². The van der Waals surface area contributed by atoms with Crippen molar-refractivity contribution in [3.05, 3.63) is 35.1 Å². The molecule has 0 amide bonds. The first-order valence-electron chi connectivity index (χ1n) is 6.45. The molecule has 0 spiro atoms. The predicted octanol–water partition coefficient (Wildman–Crippen LogP) is 3.61. The molecular formula is C14H16F4O3. The lowest BCUT2D eigenvalue weighted by atomic mass is 10.0. The van der Waals surface area contributed by atoms with Gasteiger partial charge in [-0.1, -0.05) is 6.92 Å². The van der Waals surface area contributed by atoms with Crippen molar-refractivity contribution in [3.8, 4) is 0 Å². The van der Waals surface area contributed by atoms with Gasteiger partial charge in [0.2, 0.25) is 0 Å². The van der Waals surface area contributed by atoms with E-state index < -0.39 is 29.6 Å². The second-order valence-electron chi connectivity index (χ2n) is 4.55. The van der Waals surface area contributed by atoms with Crippen LogP contribution in [0.4, 0.5) is 17.6 Å². The molecule has 0 heterocycles. The number of halogens is 4. The van der Waals surface area contributed by atoms with Crippen LogP contribution in [0, 0.1) is 5.82 Å². The molecule has 0 saturated heterocycles. The molecule has 1 atom stereocenters. The Hall–Kier alpha value is -1.63. The van der Waals surface area contributed by atoms with Gasteiger partial charge < -0.3 is 9.84 Å². The smallest absolute Gasteiger partial charge is 0.416 e. The Bertz CT molecular complexity index is 486. The molecule has 1 aromatic carbocycles. The van der Waals surface area contributed by atoms with Crippen LogP contribution in [0.5, 0.6) is 0 Å². The average molecular weight is 308 g/mol. The van der Waals surface area contributed by atoms with Gasteiger partial charge >= 0.3 is 12.1 Å². The summed E-state index contributed by atoms with van der Waals surface area (Å²) in [6.45, 7) is 2.06. The van der Waals surface area contributed by atoms with Crippen LogP contribution in [-0.2, 0) is 15.7 Å². The molecular weight excluding hydrogens is 292 g/mol. The van der Waals surface area contributed by atoms with Crippen LogP contribution in [-0.4, -0.2) is 17.7 Å². The first kappa shape index (κ1) is 17.4. The number of benzene rings is 1. The standard InChI is InChI=1S/C14H16F4O3/c1-2-5-21-13(20)4-3-12(19)9-6-10(14(16,17)18)8-11(15)7-9/h6-8,12,19H,2-5H2,1H3. The van der Waals surface area contributed by atoms with Crippen molar-refractivity contribution in [2.75, 3.05) is 6.61 Å². The van der Waals surface area contributed by atoms with Gasteiger partial charge in [0.25, 0.3) is 0 Å². The van der Waals surface area contributed by atoms with Crippen molar-refractivity contribution >= 4 is 5.97 Å². The molecule has 0 radical (unpaired) electrons. The van der Waals surface area contributed by atoms with Gasteiger partial charge in [-0.25, -0.2) is 4.39 Å². The van der Waals surface area contributed by atoms with Gasteiger partial charge in [0, 0.05) is 6.42 Å². The van der Waals surface area contributed by atoms with Crippen LogP contribution < -0.4 is 0 Å². The van der Waals surface area contributed by atoms with Gasteiger partial charge in [0.05, 0.1) is 18.3 Å². The zero-order chi connectivity index (χ0) is 16.0. The molecule has 21 heavy (non-hydrogen) atoms. The fourth-order valence-corrected chi connectivity index (χ4v) is 1.68. The normalized spacial score (nSPS) is 13.0.